The van der Waals surface area contributed by atoms with E-state index in [4.69, 9.17) is 11.3 Å². The monoisotopic (exact) mass is 505 g/mol. The first-order chi connectivity index (χ1) is 23.1. The van der Waals surface area contributed by atoms with Crippen LogP contribution >= 0.6 is 0 Å². The Kier molecular flexibility index (Phi) is 3.29. The summed E-state index contributed by atoms with van der Waals surface area (Å²) >= 11 is 0. The maximum atomic E-state index is 9.30. The molecule has 1 heterocycles. The summed E-state index contributed by atoms with van der Waals surface area (Å²) in [4.78, 5) is 0. The first-order valence-electron chi connectivity index (χ1n) is 17.1. The van der Waals surface area contributed by atoms with Crippen LogP contribution in [0.1, 0.15) is 12.3 Å². The zero-order valence-corrected chi connectivity index (χ0v) is 20.6. The first kappa shape index (κ1) is 14.7. The van der Waals surface area contributed by atoms with Gasteiger partial charge in [0.2, 0.25) is 0 Å². The standard InChI is InChI=1S/C38H24O/c1-2-10-26(11-3-1)37-30-13-4-6-15-32(30)38(33-16-7-5-14-31(33)37)27-20-18-25(19-21-27)28-22-23-36-34(24-28)29-12-8-9-17-35(29)39-36/h1-24H/i1D,2D,3D,10D,11D,18D,19D,20D,21D. The van der Waals surface area contributed by atoms with Gasteiger partial charge >= 0.3 is 0 Å². The smallest absolute Gasteiger partial charge is 0.135 e. The third-order valence-electron chi connectivity index (χ3n) is 7.22. The number of rotatable bonds is 3. The third kappa shape index (κ3) is 3.48. The minimum atomic E-state index is -0.483. The molecule has 0 N–H and O–H groups in total. The average molecular weight is 506 g/mol. The Morgan fingerprint density at radius 2 is 0.872 bits per heavy atom. The van der Waals surface area contributed by atoms with Crippen LogP contribution in [0.2, 0.25) is 0 Å². The second-order valence-electron chi connectivity index (χ2n) is 9.40. The van der Waals surface area contributed by atoms with Gasteiger partial charge in [0.15, 0.2) is 0 Å². The van der Waals surface area contributed by atoms with Crippen LogP contribution in [0.25, 0.3) is 76.9 Å². The zero-order chi connectivity index (χ0) is 33.6. The van der Waals surface area contributed by atoms with E-state index in [-0.39, 0.29) is 52.9 Å². The normalized spacial score (nSPS) is 14.8. The van der Waals surface area contributed by atoms with E-state index in [1.165, 1.54) is 0 Å². The number of fused-ring (bicyclic) bond motifs is 5. The van der Waals surface area contributed by atoms with Gasteiger partial charge in [0, 0.05) is 10.8 Å². The number of furan rings is 1. The molecule has 0 spiro atoms. The molecule has 0 bridgehead atoms. The fourth-order valence-corrected chi connectivity index (χ4v) is 5.51. The van der Waals surface area contributed by atoms with E-state index in [0.29, 0.717) is 49.4 Å². The van der Waals surface area contributed by atoms with E-state index >= 15 is 0 Å². The maximum absolute atomic E-state index is 9.30. The summed E-state index contributed by atoms with van der Waals surface area (Å²) in [7, 11) is 0. The van der Waals surface area contributed by atoms with Gasteiger partial charge in [0.25, 0.3) is 0 Å². The van der Waals surface area contributed by atoms with Crippen LogP contribution < -0.4 is 0 Å². The molecule has 1 heteroatoms. The van der Waals surface area contributed by atoms with Gasteiger partial charge in [-0.15, -0.1) is 0 Å². The van der Waals surface area contributed by atoms with E-state index in [9.17, 15) is 5.48 Å². The highest BCUT2D eigenvalue weighted by Crippen LogP contribution is 2.44. The lowest BCUT2D eigenvalue weighted by Crippen LogP contribution is -1.90. The Balaban J connectivity index is 1.45. The van der Waals surface area contributed by atoms with Crippen LogP contribution in [0.4, 0.5) is 0 Å². The summed E-state index contributed by atoms with van der Waals surface area (Å²) in [5, 5.41) is 3.95. The minimum Gasteiger partial charge on any atom is -0.456 e. The number of benzene rings is 7. The second-order valence-corrected chi connectivity index (χ2v) is 9.40. The molecule has 0 aliphatic rings. The summed E-state index contributed by atoms with van der Waals surface area (Å²) < 4.78 is 85.3. The van der Waals surface area contributed by atoms with Crippen LogP contribution in [-0.4, -0.2) is 0 Å². The summed E-state index contributed by atoms with van der Waals surface area (Å²) in [5.74, 6) is 0. The summed E-state index contributed by atoms with van der Waals surface area (Å²) in [6.07, 6.45) is 0. The summed E-state index contributed by atoms with van der Waals surface area (Å²) in [5.41, 5.74) is 3.15. The highest BCUT2D eigenvalue weighted by Gasteiger charge is 2.16. The van der Waals surface area contributed by atoms with Crippen molar-refractivity contribution >= 4 is 43.5 Å². The van der Waals surface area contributed by atoms with Crippen molar-refractivity contribution in [2.24, 2.45) is 0 Å². The fourth-order valence-electron chi connectivity index (χ4n) is 5.51. The molecule has 0 aliphatic carbocycles. The van der Waals surface area contributed by atoms with E-state index < -0.39 is 18.1 Å². The van der Waals surface area contributed by atoms with Crippen LogP contribution in [0.3, 0.4) is 0 Å². The Morgan fingerprint density at radius 1 is 0.385 bits per heavy atom. The van der Waals surface area contributed by atoms with Gasteiger partial charge in [-0.2, -0.15) is 0 Å². The molecule has 182 valence electrons. The molecule has 0 unspecified atom stereocenters. The summed E-state index contributed by atoms with van der Waals surface area (Å²) in [6, 6.07) is 24.4. The quantitative estimate of drug-likeness (QED) is 0.218. The lowest BCUT2D eigenvalue weighted by atomic mass is 9.86. The first-order valence-corrected chi connectivity index (χ1v) is 12.6. The van der Waals surface area contributed by atoms with Crippen molar-refractivity contribution in [1.82, 2.24) is 0 Å². The molecule has 0 radical (unpaired) electrons. The Hall–Kier alpha value is -5.14. The number of hydrogen-bond donors (Lipinski definition) is 0. The van der Waals surface area contributed by atoms with Gasteiger partial charge in [-0.3, -0.25) is 0 Å². The fraction of sp³-hybridized carbons (Fsp3) is 0. The van der Waals surface area contributed by atoms with Crippen molar-refractivity contribution in [3.8, 4) is 33.4 Å². The van der Waals surface area contributed by atoms with Gasteiger partial charge < -0.3 is 4.42 Å². The molecule has 0 aliphatic heterocycles. The van der Waals surface area contributed by atoms with E-state index in [1.807, 2.05) is 30.3 Å². The molecule has 0 amide bonds. The molecule has 1 nitrogen and oxygen atoms in total. The van der Waals surface area contributed by atoms with Gasteiger partial charge in [-0.1, -0.05) is 127 Å². The molecule has 7 aromatic carbocycles. The predicted octanol–water partition coefficient (Wildman–Crippen LogP) is 10.9. The topological polar surface area (TPSA) is 13.1 Å². The molecule has 0 atom stereocenters. The van der Waals surface area contributed by atoms with Crippen molar-refractivity contribution in [2.45, 2.75) is 0 Å². The predicted molar refractivity (Wildman–Crippen MR) is 165 cm³/mol. The molecule has 1 aromatic heterocycles. The molecule has 0 saturated carbocycles. The van der Waals surface area contributed by atoms with Crippen molar-refractivity contribution in [3.63, 3.8) is 0 Å². The van der Waals surface area contributed by atoms with Crippen molar-refractivity contribution in [2.75, 3.05) is 0 Å². The van der Waals surface area contributed by atoms with Crippen LogP contribution in [0.5, 0.6) is 0 Å². The van der Waals surface area contributed by atoms with E-state index in [1.54, 1.807) is 60.7 Å². The van der Waals surface area contributed by atoms with Gasteiger partial charge in [-0.05, 0) is 73.1 Å². The molecule has 8 aromatic rings. The van der Waals surface area contributed by atoms with Gasteiger partial charge in [-0.25, -0.2) is 0 Å². The van der Waals surface area contributed by atoms with E-state index in [0.717, 1.165) is 10.8 Å². The lowest BCUT2D eigenvalue weighted by Gasteiger charge is -2.18. The molecule has 0 saturated heterocycles. The highest BCUT2D eigenvalue weighted by molar-refractivity contribution is 6.21. The number of para-hydroxylation sites is 1. The molecular weight excluding hydrogens is 472 g/mol. The molecule has 8 rings (SSSR count). The average Bonchev–Trinajstić information content (AvgIpc) is 3.48. The maximum Gasteiger partial charge on any atom is 0.135 e. The van der Waals surface area contributed by atoms with Crippen LogP contribution in [0.15, 0.2) is 150 Å². The Morgan fingerprint density at radius 3 is 1.49 bits per heavy atom. The van der Waals surface area contributed by atoms with Crippen LogP contribution in [0, 0.1) is 0 Å². The van der Waals surface area contributed by atoms with Crippen molar-refractivity contribution < 1.29 is 16.8 Å². The Labute approximate surface area is 239 Å². The van der Waals surface area contributed by atoms with Gasteiger partial charge in [0.1, 0.15) is 11.2 Å². The summed E-state index contributed by atoms with van der Waals surface area (Å²) in [6.45, 7) is 0. The molecule has 39 heavy (non-hydrogen) atoms. The SMILES string of the molecule is [2H]c1c([2H])c([2H])c(-c2c3ccccc3c(-c3c([2H])c([2H])c(-c4ccc5oc6ccccc6c5c4)c([2H])c3[2H])c3ccccc23)c([2H])c1[2H]. The van der Waals surface area contributed by atoms with Crippen molar-refractivity contribution in [3.05, 3.63) is 145 Å². The molecule has 0 fully saturated rings. The minimum absolute atomic E-state index is 0.0528. The number of hydrogen-bond acceptors (Lipinski definition) is 1. The largest absolute Gasteiger partial charge is 0.456 e. The van der Waals surface area contributed by atoms with Crippen molar-refractivity contribution in [1.29, 1.82) is 0 Å². The van der Waals surface area contributed by atoms with E-state index in [2.05, 4.69) is 0 Å². The lowest BCUT2D eigenvalue weighted by molar-refractivity contribution is 0.669. The Bertz CT molecular complexity index is 2560. The second kappa shape index (κ2) is 8.72. The highest BCUT2D eigenvalue weighted by atomic mass is 16.3. The zero-order valence-electron chi connectivity index (χ0n) is 29.6. The van der Waals surface area contributed by atoms with Gasteiger partial charge in [0.05, 0.1) is 12.3 Å². The van der Waals surface area contributed by atoms with Crippen LogP contribution in [-0.2, 0) is 0 Å². The third-order valence-corrected chi connectivity index (χ3v) is 7.22. The molecular formula is C38H24O.